The quantitative estimate of drug-likeness (QED) is 0.191. The number of nitrogens with zero attached hydrogens (tertiary/aromatic N) is 3. The number of halogens is 3. The van der Waals surface area contributed by atoms with Crippen LogP contribution < -0.4 is 67.5 Å². The van der Waals surface area contributed by atoms with Crippen molar-refractivity contribution in [1.29, 1.82) is 0 Å². The van der Waals surface area contributed by atoms with E-state index in [4.69, 9.17) is 0 Å². The van der Waals surface area contributed by atoms with Crippen LogP contribution >= 0.6 is 0 Å². The summed E-state index contributed by atoms with van der Waals surface area (Å²) in [7, 11) is 10.1. The summed E-state index contributed by atoms with van der Waals surface area (Å²) in [6.07, 6.45) is 0. The molecule has 0 heterocycles. The van der Waals surface area contributed by atoms with Crippen LogP contribution in [0, 0.1) is 0 Å². The minimum Gasteiger partial charge on any atom is -1.00 e. The van der Waals surface area contributed by atoms with E-state index in [2.05, 4.69) is 178 Å². The minimum atomic E-state index is -2.75. The van der Waals surface area contributed by atoms with Gasteiger partial charge in [-0.15, -0.1) is 0 Å². The van der Waals surface area contributed by atoms with Gasteiger partial charge >= 0.3 is 244 Å². The molecule has 0 amide bonds. The molecule has 0 radical (unpaired) electrons. The molecular weight excluding hydrogens is 621 g/mol. The third kappa shape index (κ3) is 6.07. The maximum Gasteiger partial charge on any atom is -1.00 e. The molecule has 3 aromatic rings. The number of rotatable bonds is 7. The zero-order valence-electron chi connectivity index (χ0n) is 25.9. The molecule has 4 rings (SSSR count). The van der Waals surface area contributed by atoms with Crippen molar-refractivity contribution in [3.05, 3.63) is 93.4 Å². The maximum atomic E-state index is 2.54. The molecular formula is C33H42Cl3N3SiTi. The molecule has 1 aliphatic rings. The van der Waals surface area contributed by atoms with E-state index in [1.54, 1.807) is 0 Å². The Morgan fingerprint density at radius 1 is 0.561 bits per heavy atom. The third-order valence-corrected chi connectivity index (χ3v) is 16.3. The van der Waals surface area contributed by atoms with E-state index in [0.29, 0.717) is 0 Å². The van der Waals surface area contributed by atoms with Crippen LogP contribution in [0.1, 0.15) is 27.7 Å². The smallest absolute Gasteiger partial charge is 1.00 e. The topological polar surface area (TPSA) is 9.72 Å². The SMILES string of the molecule is CC1=C(C)C(C)([Si](c2cccc(N(C)C)c2)(c2cccc(N(C)C)c2)c2cccc(N(C)C)c2)[C]([Ti+3])=C1C.[Cl-].[Cl-].[Cl-]. The van der Waals surface area contributed by atoms with Crippen LogP contribution in [0.3, 0.4) is 0 Å². The number of hydrogen-bond donors (Lipinski definition) is 0. The van der Waals surface area contributed by atoms with Crippen molar-refractivity contribution >= 4 is 40.7 Å². The van der Waals surface area contributed by atoms with Crippen molar-refractivity contribution in [2.75, 3.05) is 57.0 Å². The Labute approximate surface area is 279 Å². The normalized spacial score (nSPS) is 16.5. The molecule has 218 valence electrons. The van der Waals surface area contributed by atoms with Crippen LogP contribution in [-0.4, -0.2) is 50.4 Å². The predicted octanol–water partition coefficient (Wildman–Crippen LogP) is -3.70. The van der Waals surface area contributed by atoms with Crippen LogP contribution in [0.4, 0.5) is 17.1 Å². The molecule has 8 heteroatoms. The Bertz CT molecular complexity index is 1280. The van der Waals surface area contributed by atoms with Gasteiger partial charge in [-0.05, 0) is 0 Å². The zero-order valence-corrected chi connectivity index (χ0v) is 30.7. The van der Waals surface area contributed by atoms with E-state index >= 15 is 0 Å². The van der Waals surface area contributed by atoms with Gasteiger partial charge in [-0.25, -0.2) is 0 Å². The van der Waals surface area contributed by atoms with Gasteiger partial charge in [0.15, 0.2) is 0 Å². The van der Waals surface area contributed by atoms with Gasteiger partial charge in [0.2, 0.25) is 0 Å². The standard InChI is InChI=1S/C33H42N3Si.3ClH.Ti/c1-24-23-33(4,26(3)25(24)2)37(30-17-11-14-27(20-30)34(5)6,31-18-12-15-28(21-31)35(7)8)32-19-13-16-29(22-32)36(9)10;;;;/h11-22H,1-10H3;3*1H;/q;;;;+3/p-3. The fraction of sp³-hybridized carbons (Fsp3) is 0.333. The molecule has 0 spiro atoms. The summed E-state index contributed by atoms with van der Waals surface area (Å²) in [5.74, 6) is 0. The van der Waals surface area contributed by atoms with Crippen molar-refractivity contribution in [1.82, 2.24) is 0 Å². The molecule has 0 N–H and O–H groups in total. The maximum absolute atomic E-state index is 2.75. The van der Waals surface area contributed by atoms with Crippen molar-refractivity contribution in [2.45, 2.75) is 32.7 Å². The second-order valence-corrected chi connectivity index (χ2v) is 16.5. The Morgan fingerprint density at radius 3 is 1.12 bits per heavy atom. The molecule has 1 unspecified atom stereocenters. The van der Waals surface area contributed by atoms with E-state index in [1.807, 2.05) is 0 Å². The van der Waals surface area contributed by atoms with Crippen molar-refractivity contribution < 1.29 is 57.7 Å². The Hall–Kier alpha value is -1.66. The van der Waals surface area contributed by atoms with E-state index in [9.17, 15) is 0 Å². The monoisotopic (exact) mass is 661 g/mol. The minimum absolute atomic E-state index is 0. The number of hydrogen-bond acceptors (Lipinski definition) is 3. The predicted molar refractivity (Wildman–Crippen MR) is 166 cm³/mol. The van der Waals surface area contributed by atoms with Crippen LogP contribution in [0.25, 0.3) is 0 Å². The molecule has 0 fully saturated rings. The molecule has 1 atom stereocenters. The fourth-order valence-electron chi connectivity index (χ4n) is 6.29. The third-order valence-electron chi connectivity index (χ3n) is 8.89. The van der Waals surface area contributed by atoms with E-state index in [1.165, 1.54) is 53.2 Å². The average molecular weight is 663 g/mol. The number of anilines is 3. The summed E-state index contributed by atoms with van der Waals surface area (Å²) in [4.78, 5) is 6.69. The average Bonchev–Trinajstić information content (AvgIpc) is 3.05. The van der Waals surface area contributed by atoms with Crippen LogP contribution in [0.2, 0.25) is 5.04 Å². The summed E-state index contributed by atoms with van der Waals surface area (Å²) < 4.78 is 1.50. The van der Waals surface area contributed by atoms with Gasteiger partial charge in [0.1, 0.15) is 0 Å². The Morgan fingerprint density at radius 2 is 0.878 bits per heavy atom. The van der Waals surface area contributed by atoms with Gasteiger partial charge < -0.3 is 37.2 Å². The van der Waals surface area contributed by atoms with E-state index in [-0.39, 0.29) is 42.3 Å². The van der Waals surface area contributed by atoms with Crippen molar-refractivity contribution in [3.8, 4) is 0 Å². The van der Waals surface area contributed by atoms with E-state index < -0.39 is 8.07 Å². The fourth-order valence-corrected chi connectivity index (χ4v) is 13.9. The molecule has 0 aromatic heterocycles. The molecule has 0 bridgehead atoms. The van der Waals surface area contributed by atoms with Crippen LogP contribution in [0.5, 0.6) is 0 Å². The zero-order chi connectivity index (χ0) is 28.0. The second-order valence-electron chi connectivity index (χ2n) is 11.5. The van der Waals surface area contributed by atoms with Gasteiger partial charge in [0, 0.05) is 0 Å². The molecule has 1 aliphatic carbocycles. The number of allylic oxidation sites excluding steroid dienone is 4. The Kier molecular flexibility index (Phi) is 12.9. The second kappa shape index (κ2) is 14.2. The van der Waals surface area contributed by atoms with Gasteiger partial charge in [-0.2, -0.15) is 0 Å². The molecule has 41 heavy (non-hydrogen) atoms. The van der Waals surface area contributed by atoms with Crippen LogP contribution in [0.15, 0.2) is 93.4 Å². The van der Waals surface area contributed by atoms with Crippen molar-refractivity contribution in [2.24, 2.45) is 0 Å². The van der Waals surface area contributed by atoms with Gasteiger partial charge in [-0.1, -0.05) is 0 Å². The largest absolute Gasteiger partial charge is 1.00 e. The first-order valence-corrected chi connectivity index (χ1v) is 16.1. The molecule has 0 aliphatic heterocycles. The first-order chi connectivity index (χ1) is 17.9. The summed E-state index contributed by atoms with van der Waals surface area (Å²) in [5.41, 5.74) is 8.11. The summed E-state index contributed by atoms with van der Waals surface area (Å²) in [6, 6.07) is 28.1. The first-order valence-electron chi connectivity index (χ1n) is 13.3. The van der Waals surface area contributed by atoms with Gasteiger partial charge in [0.05, 0.1) is 0 Å². The molecule has 3 nitrogen and oxygen atoms in total. The first kappa shape index (κ1) is 37.4. The number of benzene rings is 3. The van der Waals surface area contributed by atoms with Crippen LogP contribution in [-0.2, 0) is 20.4 Å². The Balaban J connectivity index is 0.00000280. The summed E-state index contributed by atoms with van der Waals surface area (Å²) in [6.45, 7) is 9.57. The molecule has 0 saturated carbocycles. The van der Waals surface area contributed by atoms with Gasteiger partial charge in [-0.3, -0.25) is 0 Å². The summed E-state index contributed by atoms with van der Waals surface area (Å²) >= 11 is 2.39. The molecule has 0 saturated heterocycles. The van der Waals surface area contributed by atoms with Gasteiger partial charge in [0.25, 0.3) is 0 Å². The van der Waals surface area contributed by atoms with E-state index in [0.717, 1.165) is 0 Å². The van der Waals surface area contributed by atoms with Crippen molar-refractivity contribution in [3.63, 3.8) is 0 Å². The molecule has 3 aromatic carbocycles. The summed E-state index contributed by atoms with van der Waals surface area (Å²) in [5, 5.41) is 4.19.